The zero-order chi connectivity index (χ0) is 12.1. The predicted octanol–water partition coefficient (Wildman–Crippen LogP) is 2.91. The van der Waals surface area contributed by atoms with Gasteiger partial charge < -0.3 is 9.84 Å². The van der Waals surface area contributed by atoms with Crippen LogP contribution in [0.25, 0.3) is 0 Å². The smallest absolute Gasteiger partial charge is 0.306 e. The number of ether oxygens (including phenoxy) is 1. The summed E-state index contributed by atoms with van der Waals surface area (Å²) >= 11 is 0. The number of aliphatic carboxylic acids is 1. The van der Waals surface area contributed by atoms with Crippen molar-refractivity contribution in [2.75, 3.05) is 7.11 Å². The third-order valence-corrected chi connectivity index (χ3v) is 2.98. The van der Waals surface area contributed by atoms with Crippen LogP contribution in [0.5, 0.6) is 5.75 Å². The molecule has 3 heteroatoms. The lowest BCUT2D eigenvalue weighted by Crippen LogP contribution is -2.18. The lowest BCUT2D eigenvalue weighted by molar-refractivity contribution is -0.141. The highest BCUT2D eigenvalue weighted by molar-refractivity contribution is 5.70. The van der Waals surface area contributed by atoms with E-state index in [1.807, 2.05) is 31.2 Å². The average molecular weight is 222 g/mol. The van der Waals surface area contributed by atoms with Gasteiger partial charge in [0, 0.05) is 0 Å². The first-order chi connectivity index (χ1) is 7.60. The van der Waals surface area contributed by atoms with Crippen molar-refractivity contribution in [2.45, 2.75) is 26.2 Å². The minimum absolute atomic E-state index is 0.0587. The third-order valence-electron chi connectivity index (χ3n) is 2.98. The third kappa shape index (κ3) is 2.75. The zero-order valence-electron chi connectivity index (χ0n) is 9.93. The summed E-state index contributed by atoms with van der Waals surface area (Å²) in [6.45, 7) is 3.76. The summed E-state index contributed by atoms with van der Waals surface area (Å²) in [5.74, 6) is -0.258. The van der Waals surface area contributed by atoms with Crippen LogP contribution in [0.4, 0.5) is 0 Å². The van der Waals surface area contributed by atoms with Crippen molar-refractivity contribution in [1.29, 1.82) is 0 Å². The van der Waals surface area contributed by atoms with Crippen molar-refractivity contribution in [3.8, 4) is 5.75 Å². The number of carboxylic acid groups (broad SMARTS) is 1. The molecule has 2 atom stereocenters. The second-order valence-electron chi connectivity index (χ2n) is 3.91. The van der Waals surface area contributed by atoms with Crippen molar-refractivity contribution in [3.05, 3.63) is 29.8 Å². The zero-order valence-corrected chi connectivity index (χ0v) is 9.93. The van der Waals surface area contributed by atoms with E-state index in [4.69, 9.17) is 9.84 Å². The molecule has 1 rings (SSSR count). The molecule has 0 aliphatic heterocycles. The van der Waals surface area contributed by atoms with E-state index in [1.54, 1.807) is 14.0 Å². The molecular formula is C13H18O3. The summed E-state index contributed by atoms with van der Waals surface area (Å²) < 4.78 is 5.07. The lowest BCUT2D eigenvalue weighted by atomic mass is 9.85. The highest BCUT2D eigenvalue weighted by atomic mass is 16.5. The second kappa shape index (κ2) is 5.54. The van der Waals surface area contributed by atoms with Gasteiger partial charge in [-0.15, -0.1) is 0 Å². The maximum atomic E-state index is 11.0. The Morgan fingerprint density at radius 1 is 1.38 bits per heavy atom. The van der Waals surface area contributed by atoms with Gasteiger partial charge in [-0.25, -0.2) is 0 Å². The van der Waals surface area contributed by atoms with Gasteiger partial charge >= 0.3 is 5.97 Å². The first-order valence-corrected chi connectivity index (χ1v) is 5.46. The van der Waals surface area contributed by atoms with E-state index in [-0.39, 0.29) is 11.8 Å². The van der Waals surface area contributed by atoms with Crippen LogP contribution >= 0.6 is 0 Å². The van der Waals surface area contributed by atoms with Crippen molar-refractivity contribution >= 4 is 5.97 Å². The first kappa shape index (κ1) is 12.6. The molecule has 0 aromatic heterocycles. The van der Waals surface area contributed by atoms with Crippen LogP contribution in [0.2, 0.25) is 0 Å². The molecule has 2 unspecified atom stereocenters. The van der Waals surface area contributed by atoms with Gasteiger partial charge in [-0.1, -0.05) is 26.0 Å². The molecule has 1 aromatic rings. The van der Waals surface area contributed by atoms with Gasteiger partial charge in [-0.05, 0) is 30.0 Å². The van der Waals surface area contributed by atoms with E-state index in [0.717, 1.165) is 17.7 Å². The van der Waals surface area contributed by atoms with Crippen LogP contribution in [-0.4, -0.2) is 18.2 Å². The Morgan fingerprint density at radius 2 is 1.94 bits per heavy atom. The molecule has 16 heavy (non-hydrogen) atoms. The van der Waals surface area contributed by atoms with Crippen LogP contribution in [0.15, 0.2) is 24.3 Å². The largest absolute Gasteiger partial charge is 0.497 e. The number of hydrogen-bond donors (Lipinski definition) is 1. The summed E-state index contributed by atoms with van der Waals surface area (Å²) in [5, 5.41) is 9.02. The molecule has 3 nitrogen and oxygen atoms in total. The van der Waals surface area contributed by atoms with E-state index in [1.165, 1.54) is 0 Å². The lowest BCUT2D eigenvalue weighted by Gasteiger charge is -2.19. The Balaban J connectivity index is 2.90. The summed E-state index contributed by atoms with van der Waals surface area (Å²) in [6.07, 6.45) is 0.819. The van der Waals surface area contributed by atoms with Crippen LogP contribution < -0.4 is 4.74 Å². The molecule has 0 saturated heterocycles. The van der Waals surface area contributed by atoms with Crippen LogP contribution in [0, 0.1) is 5.92 Å². The van der Waals surface area contributed by atoms with Crippen LogP contribution in [0.1, 0.15) is 31.7 Å². The van der Waals surface area contributed by atoms with Gasteiger partial charge in [0.15, 0.2) is 0 Å². The topological polar surface area (TPSA) is 46.5 Å². The number of rotatable bonds is 5. The maximum absolute atomic E-state index is 11.0. The molecule has 1 N–H and O–H groups in total. The predicted molar refractivity (Wildman–Crippen MR) is 62.8 cm³/mol. The van der Waals surface area contributed by atoms with Gasteiger partial charge in [-0.3, -0.25) is 4.79 Å². The molecule has 0 aliphatic carbocycles. The molecule has 0 spiro atoms. The molecule has 88 valence electrons. The Hall–Kier alpha value is -1.51. The molecule has 0 aliphatic rings. The SMILES string of the molecule is CCC(c1ccc(OC)cc1)C(C)C(=O)O. The Morgan fingerprint density at radius 3 is 2.31 bits per heavy atom. The van der Waals surface area contributed by atoms with Crippen LogP contribution in [0.3, 0.4) is 0 Å². The fourth-order valence-electron chi connectivity index (χ4n) is 1.90. The minimum atomic E-state index is -0.748. The molecule has 0 saturated carbocycles. The highest BCUT2D eigenvalue weighted by Gasteiger charge is 2.23. The number of benzene rings is 1. The van der Waals surface area contributed by atoms with Gasteiger partial charge in [0.05, 0.1) is 13.0 Å². The standard InChI is InChI=1S/C13H18O3/c1-4-12(9(2)13(14)15)10-5-7-11(16-3)8-6-10/h5-9,12H,4H2,1-3H3,(H,14,15). The van der Waals surface area contributed by atoms with E-state index < -0.39 is 5.97 Å². The monoisotopic (exact) mass is 222 g/mol. The number of hydrogen-bond acceptors (Lipinski definition) is 2. The fourth-order valence-corrected chi connectivity index (χ4v) is 1.90. The van der Waals surface area contributed by atoms with Crippen LogP contribution in [-0.2, 0) is 4.79 Å². The second-order valence-corrected chi connectivity index (χ2v) is 3.91. The Kier molecular flexibility index (Phi) is 4.35. The average Bonchev–Trinajstić information content (AvgIpc) is 2.30. The minimum Gasteiger partial charge on any atom is -0.497 e. The molecule has 1 aromatic carbocycles. The van der Waals surface area contributed by atoms with Crippen molar-refractivity contribution in [3.63, 3.8) is 0 Å². The first-order valence-electron chi connectivity index (χ1n) is 5.46. The molecule has 0 heterocycles. The van der Waals surface area contributed by atoms with Crippen molar-refractivity contribution < 1.29 is 14.6 Å². The molecule has 0 fully saturated rings. The number of methoxy groups -OCH3 is 1. The van der Waals surface area contributed by atoms with Crippen molar-refractivity contribution in [2.24, 2.45) is 5.92 Å². The van der Waals surface area contributed by atoms with Crippen molar-refractivity contribution in [1.82, 2.24) is 0 Å². The van der Waals surface area contributed by atoms with E-state index >= 15 is 0 Å². The number of carbonyl (C=O) groups is 1. The van der Waals surface area contributed by atoms with E-state index in [9.17, 15) is 4.79 Å². The highest BCUT2D eigenvalue weighted by Crippen LogP contribution is 2.29. The number of carboxylic acids is 1. The van der Waals surface area contributed by atoms with Gasteiger partial charge in [0.25, 0.3) is 0 Å². The van der Waals surface area contributed by atoms with Gasteiger partial charge in [0.1, 0.15) is 5.75 Å². The molecule has 0 amide bonds. The van der Waals surface area contributed by atoms with Gasteiger partial charge in [0.2, 0.25) is 0 Å². The van der Waals surface area contributed by atoms with E-state index in [2.05, 4.69) is 0 Å². The summed E-state index contributed by atoms with van der Waals surface area (Å²) in [4.78, 5) is 11.0. The van der Waals surface area contributed by atoms with Gasteiger partial charge in [-0.2, -0.15) is 0 Å². The Bertz CT molecular complexity index is 343. The normalized spacial score (nSPS) is 14.2. The van der Waals surface area contributed by atoms with E-state index in [0.29, 0.717) is 0 Å². The molecule has 0 radical (unpaired) electrons. The quantitative estimate of drug-likeness (QED) is 0.833. The summed E-state index contributed by atoms with van der Waals surface area (Å²) in [6, 6.07) is 7.61. The molecule has 0 bridgehead atoms. The molecular weight excluding hydrogens is 204 g/mol. The maximum Gasteiger partial charge on any atom is 0.306 e. The Labute approximate surface area is 96.1 Å². The summed E-state index contributed by atoms with van der Waals surface area (Å²) in [5.41, 5.74) is 1.05. The fraction of sp³-hybridized carbons (Fsp3) is 0.462. The summed E-state index contributed by atoms with van der Waals surface area (Å²) in [7, 11) is 1.62.